The maximum absolute atomic E-state index is 13.4. The monoisotopic (exact) mass is 360 g/mol. The Morgan fingerprint density at radius 1 is 1.35 bits per heavy atom. The summed E-state index contributed by atoms with van der Waals surface area (Å²) in [7, 11) is 0. The molecule has 1 atom stereocenters. The van der Waals surface area contributed by atoms with E-state index in [1.807, 2.05) is 0 Å². The van der Waals surface area contributed by atoms with Crippen LogP contribution in [0, 0.1) is 5.82 Å². The van der Waals surface area contributed by atoms with Crippen molar-refractivity contribution in [2.24, 2.45) is 4.99 Å². The second-order valence-electron chi connectivity index (χ2n) is 6.68. The van der Waals surface area contributed by atoms with Gasteiger partial charge in [-0.2, -0.15) is 0 Å². The number of nitrogens with zero attached hydrogens (tertiary/aromatic N) is 3. The number of nitrogens with one attached hydrogen (secondary N) is 3. The fraction of sp³-hybridized carbons (Fsp3) is 0.471. The van der Waals surface area contributed by atoms with Crippen LogP contribution < -0.4 is 16.1 Å². The van der Waals surface area contributed by atoms with Gasteiger partial charge in [-0.05, 0) is 65.9 Å². The highest BCUT2D eigenvalue weighted by Gasteiger charge is 2.27. The highest BCUT2D eigenvalue weighted by Crippen LogP contribution is 2.35. The summed E-state index contributed by atoms with van der Waals surface area (Å²) in [4.78, 5) is 4.41. The lowest BCUT2D eigenvalue weighted by Crippen LogP contribution is -2.36. The zero-order chi connectivity index (χ0) is 17.9. The lowest BCUT2D eigenvalue weighted by Gasteiger charge is -2.29. The third kappa shape index (κ3) is 3.40. The summed E-state index contributed by atoms with van der Waals surface area (Å²) in [6.45, 7) is 2.29. The van der Waals surface area contributed by atoms with Gasteiger partial charge >= 0.3 is 0 Å². The number of rotatable bonds is 5. The topological polar surface area (TPSA) is 108 Å². The standard InChI is InChI=1S/C17H21FN6O2/c18-12-2-1-10-7-11(14(10)8-12)9-20-16(22-25)15-17(24-26-23-15)21-13-3-5-19-6-4-13/h1-2,8,11,13,19,25H,3-7,9H2,(H,20,22)(H,21,24)/t11-/m1/s1. The molecule has 1 aliphatic carbocycles. The van der Waals surface area contributed by atoms with Crippen molar-refractivity contribution < 1.29 is 14.2 Å². The van der Waals surface area contributed by atoms with Crippen LogP contribution in [0.5, 0.6) is 0 Å². The number of benzene rings is 1. The summed E-state index contributed by atoms with van der Waals surface area (Å²) in [5, 5.41) is 23.8. The summed E-state index contributed by atoms with van der Waals surface area (Å²) in [5.74, 6) is 0.529. The molecule has 1 aliphatic heterocycles. The number of hydrogen-bond acceptors (Lipinski definition) is 7. The Morgan fingerprint density at radius 2 is 2.19 bits per heavy atom. The number of hydroxylamine groups is 1. The molecule has 138 valence electrons. The Kier molecular flexibility index (Phi) is 4.81. The molecule has 0 amide bonds. The molecule has 1 aromatic heterocycles. The molecule has 0 radical (unpaired) electrons. The Morgan fingerprint density at radius 3 is 3.00 bits per heavy atom. The van der Waals surface area contributed by atoms with Crippen molar-refractivity contribution in [3.05, 3.63) is 40.8 Å². The van der Waals surface area contributed by atoms with E-state index in [-0.39, 0.29) is 23.6 Å². The summed E-state index contributed by atoms with van der Waals surface area (Å²) in [5.41, 5.74) is 4.53. The normalized spacial score (nSPS) is 20.4. The van der Waals surface area contributed by atoms with Crippen LogP contribution in [0.1, 0.15) is 35.6 Å². The first kappa shape index (κ1) is 16.9. The molecule has 1 aromatic carbocycles. The molecule has 0 bridgehead atoms. The van der Waals surface area contributed by atoms with E-state index in [9.17, 15) is 9.60 Å². The zero-order valence-corrected chi connectivity index (χ0v) is 14.2. The summed E-state index contributed by atoms with van der Waals surface area (Å²) < 4.78 is 18.2. The zero-order valence-electron chi connectivity index (χ0n) is 14.2. The molecule has 0 spiro atoms. The number of aliphatic imine (C=N–C) groups is 1. The maximum atomic E-state index is 13.4. The van der Waals surface area contributed by atoms with Crippen LogP contribution in [0.25, 0.3) is 0 Å². The Balaban J connectivity index is 1.46. The van der Waals surface area contributed by atoms with Crippen molar-refractivity contribution in [2.45, 2.75) is 31.2 Å². The van der Waals surface area contributed by atoms with Crippen LogP contribution in [0.4, 0.5) is 10.2 Å². The first-order valence-corrected chi connectivity index (χ1v) is 8.77. The average Bonchev–Trinajstić information content (AvgIpc) is 3.09. The lowest BCUT2D eigenvalue weighted by atomic mass is 9.77. The predicted molar refractivity (Wildman–Crippen MR) is 93.0 cm³/mol. The van der Waals surface area contributed by atoms with E-state index >= 15 is 0 Å². The summed E-state index contributed by atoms with van der Waals surface area (Å²) >= 11 is 0. The van der Waals surface area contributed by atoms with Gasteiger partial charge in [0.2, 0.25) is 5.82 Å². The lowest BCUT2D eigenvalue weighted by molar-refractivity contribution is 0.233. The van der Waals surface area contributed by atoms with E-state index in [1.165, 1.54) is 6.07 Å². The minimum atomic E-state index is -0.243. The van der Waals surface area contributed by atoms with Crippen LogP contribution >= 0.6 is 0 Å². The molecule has 1 saturated heterocycles. The summed E-state index contributed by atoms with van der Waals surface area (Å²) in [6, 6.07) is 5.09. The molecule has 8 nitrogen and oxygen atoms in total. The van der Waals surface area contributed by atoms with E-state index in [4.69, 9.17) is 4.63 Å². The molecule has 0 saturated carbocycles. The number of piperidine rings is 1. The van der Waals surface area contributed by atoms with Gasteiger partial charge < -0.3 is 10.6 Å². The molecule has 9 heteroatoms. The third-order valence-electron chi connectivity index (χ3n) is 4.98. The number of halogens is 1. The van der Waals surface area contributed by atoms with E-state index < -0.39 is 0 Å². The highest BCUT2D eigenvalue weighted by molar-refractivity contribution is 6.00. The molecule has 4 rings (SSSR count). The molecule has 2 heterocycles. The van der Waals surface area contributed by atoms with Crippen LogP contribution in [0.15, 0.2) is 27.8 Å². The van der Waals surface area contributed by atoms with E-state index in [0.717, 1.165) is 43.5 Å². The molecular weight excluding hydrogens is 339 g/mol. The minimum Gasteiger partial charge on any atom is -0.362 e. The Hall–Kier alpha value is -2.52. The van der Waals surface area contributed by atoms with Crippen LogP contribution in [0.3, 0.4) is 0 Å². The first-order valence-electron chi connectivity index (χ1n) is 8.77. The molecule has 26 heavy (non-hydrogen) atoms. The van der Waals surface area contributed by atoms with Gasteiger partial charge in [0.15, 0.2) is 11.5 Å². The van der Waals surface area contributed by atoms with Gasteiger partial charge in [0.1, 0.15) is 5.82 Å². The first-order chi connectivity index (χ1) is 12.7. The quantitative estimate of drug-likeness (QED) is 0.363. The van der Waals surface area contributed by atoms with E-state index in [2.05, 4.69) is 31.4 Å². The molecule has 4 N–H and O–H groups in total. The van der Waals surface area contributed by atoms with Gasteiger partial charge in [0.05, 0.1) is 0 Å². The smallest absolute Gasteiger partial charge is 0.202 e. The van der Waals surface area contributed by atoms with Crippen molar-refractivity contribution in [2.75, 3.05) is 25.0 Å². The molecule has 2 aliphatic rings. The average molecular weight is 360 g/mol. The van der Waals surface area contributed by atoms with Crippen molar-refractivity contribution in [3.63, 3.8) is 0 Å². The van der Waals surface area contributed by atoms with Gasteiger partial charge in [0.25, 0.3) is 0 Å². The fourth-order valence-corrected chi connectivity index (χ4v) is 3.50. The van der Waals surface area contributed by atoms with Crippen LogP contribution in [-0.2, 0) is 6.42 Å². The van der Waals surface area contributed by atoms with Crippen molar-refractivity contribution in [3.8, 4) is 0 Å². The van der Waals surface area contributed by atoms with Gasteiger partial charge in [0, 0.05) is 18.5 Å². The van der Waals surface area contributed by atoms with Crippen molar-refractivity contribution in [1.82, 2.24) is 21.1 Å². The maximum Gasteiger partial charge on any atom is 0.202 e. The van der Waals surface area contributed by atoms with Crippen LogP contribution in [0.2, 0.25) is 0 Å². The Labute approximate surface area is 149 Å². The van der Waals surface area contributed by atoms with Crippen LogP contribution in [-0.4, -0.2) is 47.0 Å². The second kappa shape index (κ2) is 7.38. The Bertz CT molecular complexity index is 802. The number of hydrogen-bond donors (Lipinski definition) is 4. The summed E-state index contributed by atoms with van der Waals surface area (Å²) in [6.07, 6.45) is 2.78. The van der Waals surface area contributed by atoms with E-state index in [1.54, 1.807) is 12.1 Å². The fourth-order valence-electron chi connectivity index (χ4n) is 3.50. The highest BCUT2D eigenvalue weighted by atomic mass is 19.1. The SMILES string of the molecule is ONC(=NC[C@H]1Cc2ccc(F)cc21)c1nonc1NC1CCNCC1. The van der Waals surface area contributed by atoms with Crippen molar-refractivity contribution in [1.29, 1.82) is 0 Å². The number of aromatic nitrogens is 2. The number of amidine groups is 1. The van der Waals surface area contributed by atoms with Gasteiger partial charge in [-0.3, -0.25) is 15.7 Å². The predicted octanol–water partition coefficient (Wildman–Crippen LogP) is 1.44. The van der Waals surface area contributed by atoms with Gasteiger partial charge in [-0.25, -0.2) is 9.02 Å². The minimum absolute atomic E-state index is 0.129. The van der Waals surface area contributed by atoms with E-state index in [0.29, 0.717) is 18.1 Å². The molecule has 1 fully saturated rings. The molecular formula is C17H21FN6O2. The third-order valence-corrected chi connectivity index (χ3v) is 4.98. The van der Waals surface area contributed by atoms with Crippen molar-refractivity contribution >= 4 is 11.7 Å². The molecule has 0 unspecified atom stereocenters. The van der Waals surface area contributed by atoms with Gasteiger partial charge in [-0.15, -0.1) is 0 Å². The number of fused-ring (bicyclic) bond motifs is 1. The molecule has 2 aromatic rings. The number of anilines is 1. The largest absolute Gasteiger partial charge is 0.362 e. The van der Waals surface area contributed by atoms with Gasteiger partial charge in [-0.1, -0.05) is 6.07 Å². The second-order valence-corrected chi connectivity index (χ2v) is 6.68.